The van der Waals surface area contributed by atoms with Crippen LogP contribution in [-0.2, 0) is 4.79 Å². The normalized spacial score (nSPS) is 8.26. The van der Waals surface area contributed by atoms with Crippen LogP contribution in [0.2, 0.25) is 0 Å². The second-order valence-electron chi connectivity index (χ2n) is 3.26. The van der Waals surface area contributed by atoms with Gasteiger partial charge in [-0.1, -0.05) is 19.1 Å². The third-order valence-electron chi connectivity index (χ3n) is 1.68. The minimum Gasteiger partial charge on any atom is -0.481 e. The standard InChI is InChI=1S/2C5H6N2.C3H6O2/c2*6-5-3-1-2-4-7-5;1-2-3(4)5/h2*1-4H,(H2,6,7);2H2,1H3,(H,4,5). The van der Waals surface area contributed by atoms with Crippen molar-refractivity contribution in [1.29, 1.82) is 0 Å². The van der Waals surface area contributed by atoms with Crippen molar-refractivity contribution in [2.75, 3.05) is 11.5 Å². The molecule has 0 saturated carbocycles. The van der Waals surface area contributed by atoms with Gasteiger partial charge >= 0.3 is 5.97 Å². The molecule has 19 heavy (non-hydrogen) atoms. The highest BCUT2D eigenvalue weighted by atomic mass is 16.4. The summed E-state index contributed by atoms with van der Waals surface area (Å²) in [5, 5.41) is 7.72. The van der Waals surface area contributed by atoms with Crippen molar-refractivity contribution in [2.45, 2.75) is 13.3 Å². The minimum atomic E-state index is -0.745. The van der Waals surface area contributed by atoms with Gasteiger partial charge in [0.1, 0.15) is 11.6 Å². The summed E-state index contributed by atoms with van der Waals surface area (Å²) in [7, 11) is 0. The lowest BCUT2D eigenvalue weighted by molar-refractivity contribution is -0.136. The van der Waals surface area contributed by atoms with Crippen molar-refractivity contribution in [3.63, 3.8) is 0 Å². The molecule has 6 nitrogen and oxygen atoms in total. The summed E-state index contributed by atoms with van der Waals surface area (Å²) < 4.78 is 0. The molecule has 0 aromatic carbocycles. The van der Waals surface area contributed by atoms with E-state index in [2.05, 4.69) is 9.97 Å². The smallest absolute Gasteiger partial charge is 0.303 e. The molecule has 2 aromatic heterocycles. The van der Waals surface area contributed by atoms with Gasteiger partial charge in [-0.25, -0.2) is 9.97 Å². The maximum Gasteiger partial charge on any atom is 0.303 e. The highest BCUT2D eigenvalue weighted by molar-refractivity contribution is 5.66. The molecule has 102 valence electrons. The largest absolute Gasteiger partial charge is 0.481 e. The molecule has 0 radical (unpaired) electrons. The second kappa shape index (κ2) is 10.5. The predicted molar refractivity (Wildman–Crippen MR) is 75.2 cm³/mol. The lowest BCUT2D eigenvalue weighted by atomic mass is 10.5. The summed E-state index contributed by atoms with van der Waals surface area (Å²) >= 11 is 0. The highest BCUT2D eigenvalue weighted by Crippen LogP contribution is 1.90. The molecule has 0 aliphatic carbocycles. The number of nitrogen functional groups attached to an aromatic ring is 2. The Hall–Kier alpha value is -2.63. The Bertz CT molecular complexity index is 411. The van der Waals surface area contributed by atoms with Crippen LogP contribution < -0.4 is 11.5 Å². The van der Waals surface area contributed by atoms with Crippen molar-refractivity contribution in [3.8, 4) is 0 Å². The molecule has 0 atom stereocenters. The number of carboxylic acids is 1. The van der Waals surface area contributed by atoms with Gasteiger partial charge < -0.3 is 16.6 Å². The van der Waals surface area contributed by atoms with Gasteiger partial charge in [-0.05, 0) is 24.3 Å². The fourth-order valence-corrected chi connectivity index (χ4v) is 0.752. The molecule has 0 unspecified atom stereocenters. The number of hydrogen-bond donors (Lipinski definition) is 3. The van der Waals surface area contributed by atoms with Crippen LogP contribution in [0.3, 0.4) is 0 Å². The molecule has 0 amide bonds. The van der Waals surface area contributed by atoms with Crippen molar-refractivity contribution < 1.29 is 9.90 Å². The number of pyridine rings is 2. The van der Waals surface area contributed by atoms with Crippen LogP contribution in [0, 0.1) is 0 Å². The van der Waals surface area contributed by atoms with Crippen LogP contribution >= 0.6 is 0 Å². The summed E-state index contributed by atoms with van der Waals surface area (Å²) in [5.74, 6) is 0.398. The van der Waals surface area contributed by atoms with Crippen molar-refractivity contribution >= 4 is 17.6 Å². The van der Waals surface area contributed by atoms with Crippen LogP contribution in [0.5, 0.6) is 0 Å². The SMILES string of the molecule is CCC(=O)O.Nc1ccccn1.Nc1ccccn1. The van der Waals surface area contributed by atoms with E-state index in [-0.39, 0.29) is 6.42 Å². The van der Waals surface area contributed by atoms with Crippen LogP contribution in [-0.4, -0.2) is 21.0 Å². The van der Waals surface area contributed by atoms with E-state index in [1.165, 1.54) is 0 Å². The molecule has 2 heterocycles. The molecule has 2 aromatic rings. The number of carboxylic acid groups (broad SMARTS) is 1. The Morgan fingerprint density at radius 3 is 1.53 bits per heavy atom. The van der Waals surface area contributed by atoms with Gasteiger partial charge in [-0.3, -0.25) is 4.79 Å². The predicted octanol–water partition coefficient (Wildman–Crippen LogP) is 1.81. The Labute approximate surface area is 112 Å². The van der Waals surface area contributed by atoms with Gasteiger partial charge in [0.15, 0.2) is 0 Å². The van der Waals surface area contributed by atoms with Crippen LogP contribution in [0.15, 0.2) is 48.8 Å². The van der Waals surface area contributed by atoms with E-state index in [9.17, 15) is 4.79 Å². The first-order valence-corrected chi connectivity index (χ1v) is 5.61. The molecule has 0 aliphatic heterocycles. The van der Waals surface area contributed by atoms with Crippen LogP contribution in [0.1, 0.15) is 13.3 Å². The maximum absolute atomic E-state index is 9.37. The van der Waals surface area contributed by atoms with Crippen LogP contribution in [0.25, 0.3) is 0 Å². The summed E-state index contributed by atoms with van der Waals surface area (Å²) in [6, 6.07) is 10.9. The van der Waals surface area contributed by atoms with Gasteiger partial charge in [-0.15, -0.1) is 0 Å². The number of nitrogens with two attached hydrogens (primary N) is 2. The van der Waals surface area contributed by atoms with Crippen molar-refractivity contribution in [3.05, 3.63) is 48.8 Å². The van der Waals surface area contributed by atoms with E-state index in [0.29, 0.717) is 11.6 Å². The average molecular weight is 262 g/mol. The van der Waals surface area contributed by atoms with E-state index in [4.69, 9.17) is 16.6 Å². The zero-order chi connectivity index (χ0) is 14.5. The quantitative estimate of drug-likeness (QED) is 0.721. The van der Waals surface area contributed by atoms with E-state index >= 15 is 0 Å². The number of carbonyl (C=O) groups is 1. The van der Waals surface area contributed by atoms with E-state index in [0.717, 1.165) is 0 Å². The third kappa shape index (κ3) is 11.6. The van der Waals surface area contributed by atoms with Crippen molar-refractivity contribution in [2.24, 2.45) is 0 Å². The van der Waals surface area contributed by atoms with Crippen molar-refractivity contribution in [1.82, 2.24) is 9.97 Å². The Morgan fingerprint density at radius 1 is 1.05 bits per heavy atom. The first kappa shape index (κ1) is 16.4. The van der Waals surface area contributed by atoms with Crippen LogP contribution in [0.4, 0.5) is 11.6 Å². The monoisotopic (exact) mass is 262 g/mol. The van der Waals surface area contributed by atoms with Gasteiger partial charge in [0, 0.05) is 18.8 Å². The first-order valence-electron chi connectivity index (χ1n) is 5.61. The second-order valence-corrected chi connectivity index (χ2v) is 3.26. The number of rotatable bonds is 1. The third-order valence-corrected chi connectivity index (χ3v) is 1.68. The molecular weight excluding hydrogens is 244 g/mol. The molecule has 6 heteroatoms. The summed E-state index contributed by atoms with van der Waals surface area (Å²) in [6.07, 6.45) is 3.55. The molecule has 5 N–H and O–H groups in total. The van der Waals surface area contributed by atoms with E-state index < -0.39 is 5.97 Å². The van der Waals surface area contributed by atoms with Gasteiger partial charge in [-0.2, -0.15) is 0 Å². The summed E-state index contributed by atoms with van der Waals surface area (Å²) in [5.41, 5.74) is 10.5. The van der Waals surface area contributed by atoms with Gasteiger partial charge in [0.2, 0.25) is 0 Å². The fourth-order valence-electron chi connectivity index (χ4n) is 0.752. The number of aliphatic carboxylic acids is 1. The molecule has 0 spiro atoms. The zero-order valence-electron chi connectivity index (χ0n) is 10.7. The van der Waals surface area contributed by atoms with E-state index in [1.54, 1.807) is 31.5 Å². The molecule has 0 fully saturated rings. The number of nitrogens with zero attached hydrogens (tertiary/aromatic N) is 2. The topological polar surface area (TPSA) is 115 Å². The maximum atomic E-state index is 9.37. The van der Waals surface area contributed by atoms with E-state index in [1.807, 2.05) is 24.3 Å². The average Bonchev–Trinajstić information content (AvgIpc) is 2.42. The molecule has 0 bridgehead atoms. The summed E-state index contributed by atoms with van der Waals surface area (Å²) in [4.78, 5) is 16.9. The Balaban J connectivity index is 0.000000261. The molecule has 0 aliphatic rings. The van der Waals surface area contributed by atoms with Gasteiger partial charge in [0.25, 0.3) is 0 Å². The number of hydrogen-bond acceptors (Lipinski definition) is 5. The zero-order valence-corrected chi connectivity index (χ0v) is 10.7. The Kier molecular flexibility index (Phi) is 9.06. The lowest BCUT2D eigenvalue weighted by Crippen LogP contribution is -1.86. The molecule has 2 rings (SSSR count). The highest BCUT2D eigenvalue weighted by Gasteiger charge is 1.80. The molecule has 0 saturated heterocycles. The minimum absolute atomic E-state index is 0.222. The number of anilines is 2. The molecular formula is C13H18N4O2. The van der Waals surface area contributed by atoms with Gasteiger partial charge in [0.05, 0.1) is 0 Å². The lowest BCUT2D eigenvalue weighted by Gasteiger charge is -1.82. The Morgan fingerprint density at radius 2 is 1.42 bits per heavy atom. The first-order chi connectivity index (χ1) is 9.06. The number of aromatic nitrogens is 2. The fraction of sp³-hybridized carbons (Fsp3) is 0.154. The summed E-state index contributed by atoms with van der Waals surface area (Å²) in [6.45, 7) is 1.60.